The second-order valence-electron chi connectivity index (χ2n) is 4.45. The summed E-state index contributed by atoms with van der Waals surface area (Å²) in [5.41, 5.74) is 0.356. The zero-order chi connectivity index (χ0) is 13.5. The molecule has 1 saturated carbocycles. The monoisotopic (exact) mass is 272 g/mol. The molecule has 0 atom stereocenters. The Kier molecular flexibility index (Phi) is 3.16. The largest absolute Gasteiger partial charge is 0.341 e. The van der Waals surface area contributed by atoms with E-state index in [2.05, 4.69) is 10.2 Å². The van der Waals surface area contributed by atoms with Gasteiger partial charge in [0.05, 0.1) is 5.69 Å². The predicted molar refractivity (Wildman–Crippen MR) is 64.6 cm³/mol. The van der Waals surface area contributed by atoms with Crippen LogP contribution in [0.5, 0.6) is 0 Å². The molecule has 1 aliphatic carbocycles. The van der Waals surface area contributed by atoms with Crippen molar-refractivity contribution in [2.24, 2.45) is 5.14 Å². The number of nitrogens with two attached hydrogens (primary N) is 1. The second-order valence-corrected chi connectivity index (χ2v) is 5.95. The van der Waals surface area contributed by atoms with Crippen molar-refractivity contribution < 1.29 is 13.2 Å². The fourth-order valence-electron chi connectivity index (χ4n) is 1.75. The molecule has 1 heterocycles. The number of nitrogens with zero attached hydrogens (tertiary/aromatic N) is 2. The molecular formula is C10H16N4O3S. The predicted octanol–water partition coefficient (Wildman–Crippen LogP) is 0.0264. The number of aromatic nitrogens is 2. The number of amides is 1. The van der Waals surface area contributed by atoms with Crippen molar-refractivity contribution in [3.63, 3.8) is 0 Å². The Morgan fingerprint density at radius 1 is 1.56 bits per heavy atom. The summed E-state index contributed by atoms with van der Waals surface area (Å²) in [6, 6.07) is 0. The fourth-order valence-corrected chi connectivity index (χ4v) is 2.67. The number of hydrogen-bond acceptors (Lipinski definition) is 4. The van der Waals surface area contributed by atoms with Crippen LogP contribution in [0.4, 0.5) is 0 Å². The van der Waals surface area contributed by atoms with Crippen LogP contribution in [-0.4, -0.2) is 43.0 Å². The number of carbonyl (C=O) groups is 1. The van der Waals surface area contributed by atoms with Gasteiger partial charge in [-0.25, -0.2) is 13.6 Å². The van der Waals surface area contributed by atoms with Crippen LogP contribution in [0.15, 0.2) is 4.90 Å². The summed E-state index contributed by atoms with van der Waals surface area (Å²) < 4.78 is 23.3. The van der Waals surface area contributed by atoms with E-state index >= 15 is 0 Å². The molecule has 0 spiro atoms. The van der Waals surface area contributed by atoms with Gasteiger partial charge in [-0.2, -0.15) is 5.10 Å². The molecule has 2 rings (SSSR count). The van der Waals surface area contributed by atoms with Crippen LogP contribution in [0, 0.1) is 0 Å². The molecule has 1 amide bonds. The van der Waals surface area contributed by atoms with Crippen LogP contribution in [0.25, 0.3) is 0 Å². The van der Waals surface area contributed by atoms with Crippen LogP contribution in [0.2, 0.25) is 0 Å². The first-order chi connectivity index (χ1) is 8.36. The Morgan fingerprint density at radius 2 is 2.17 bits per heavy atom. The highest BCUT2D eigenvalue weighted by Crippen LogP contribution is 2.42. The maximum absolute atomic E-state index is 12.0. The molecule has 0 aliphatic heterocycles. The first kappa shape index (κ1) is 13.0. The second kappa shape index (κ2) is 4.36. The van der Waals surface area contributed by atoms with E-state index in [1.807, 2.05) is 0 Å². The fraction of sp³-hybridized carbons (Fsp3) is 0.600. The summed E-state index contributed by atoms with van der Waals surface area (Å²) in [4.78, 5) is 13.3. The van der Waals surface area contributed by atoms with Crippen LogP contribution in [0.3, 0.4) is 0 Å². The Bertz CT molecular complexity index is 574. The number of rotatable bonds is 4. The first-order valence-electron chi connectivity index (χ1n) is 5.72. The van der Waals surface area contributed by atoms with Gasteiger partial charge in [0.2, 0.25) is 10.0 Å². The van der Waals surface area contributed by atoms with Crippen molar-refractivity contribution in [3.05, 3.63) is 11.4 Å². The van der Waals surface area contributed by atoms with Crippen LogP contribution in [-0.2, 0) is 10.0 Å². The SMILES string of the molecule is CCN(C)C(=O)c1n[nH]c(C2CC2)c1S(N)(=O)=O. The van der Waals surface area contributed by atoms with Gasteiger partial charge in [0.1, 0.15) is 4.90 Å². The molecule has 100 valence electrons. The summed E-state index contributed by atoms with van der Waals surface area (Å²) in [5.74, 6) is -0.316. The van der Waals surface area contributed by atoms with Crippen LogP contribution in [0.1, 0.15) is 41.9 Å². The van der Waals surface area contributed by atoms with Gasteiger partial charge in [-0.05, 0) is 19.8 Å². The van der Waals surface area contributed by atoms with E-state index in [1.165, 1.54) is 4.90 Å². The van der Waals surface area contributed by atoms with Crippen molar-refractivity contribution in [2.75, 3.05) is 13.6 Å². The lowest BCUT2D eigenvalue weighted by molar-refractivity contribution is 0.0793. The van der Waals surface area contributed by atoms with Gasteiger partial charge in [0.15, 0.2) is 5.69 Å². The molecule has 0 aromatic carbocycles. The average Bonchev–Trinajstić information content (AvgIpc) is 3.04. The van der Waals surface area contributed by atoms with E-state index in [-0.39, 0.29) is 16.5 Å². The standard InChI is InChI=1S/C10H16N4O3S/c1-3-14(2)10(15)8-9(18(11,16)17)7(12-13-8)6-4-5-6/h6H,3-5H2,1-2H3,(H,12,13)(H2,11,16,17). The molecule has 0 saturated heterocycles. The number of carbonyl (C=O) groups excluding carboxylic acids is 1. The number of aromatic amines is 1. The topological polar surface area (TPSA) is 109 Å². The Hall–Kier alpha value is -1.41. The molecule has 0 bridgehead atoms. The molecule has 7 nitrogen and oxygen atoms in total. The lowest BCUT2D eigenvalue weighted by Gasteiger charge is -2.13. The summed E-state index contributed by atoms with van der Waals surface area (Å²) in [7, 11) is -2.37. The molecule has 1 fully saturated rings. The maximum Gasteiger partial charge on any atom is 0.275 e. The van der Waals surface area contributed by atoms with Gasteiger partial charge in [-0.15, -0.1) is 0 Å². The van der Waals surface area contributed by atoms with Crippen molar-refractivity contribution >= 4 is 15.9 Å². The molecule has 1 aromatic rings. The molecule has 0 radical (unpaired) electrons. The number of H-pyrrole nitrogens is 1. The first-order valence-corrected chi connectivity index (χ1v) is 7.27. The molecule has 0 unspecified atom stereocenters. The Balaban J connectivity index is 2.51. The highest BCUT2D eigenvalue weighted by molar-refractivity contribution is 7.89. The maximum atomic E-state index is 12.0. The van der Waals surface area contributed by atoms with E-state index in [0.29, 0.717) is 12.2 Å². The van der Waals surface area contributed by atoms with E-state index in [0.717, 1.165) is 12.8 Å². The normalized spacial score (nSPS) is 15.7. The third kappa shape index (κ3) is 2.25. The van der Waals surface area contributed by atoms with Gasteiger partial charge in [0.25, 0.3) is 5.91 Å². The number of nitrogens with one attached hydrogen (secondary N) is 1. The molecule has 3 N–H and O–H groups in total. The summed E-state index contributed by atoms with van der Waals surface area (Å²) in [6.07, 6.45) is 1.78. The van der Waals surface area contributed by atoms with Gasteiger partial charge in [-0.3, -0.25) is 9.89 Å². The number of hydrogen-bond donors (Lipinski definition) is 2. The molecular weight excluding hydrogens is 256 g/mol. The van der Waals surface area contributed by atoms with E-state index in [9.17, 15) is 13.2 Å². The van der Waals surface area contributed by atoms with Crippen LogP contribution >= 0.6 is 0 Å². The third-order valence-electron chi connectivity index (χ3n) is 3.04. The van der Waals surface area contributed by atoms with Crippen molar-refractivity contribution in [2.45, 2.75) is 30.6 Å². The van der Waals surface area contributed by atoms with Gasteiger partial charge < -0.3 is 4.90 Å². The zero-order valence-electron chi connectivity index (χ0n) is 10.3. The van der Waals surface area contributed by atoms with Gasteiger partial charge >= 0.3 is 0 Å². The lowest BCUT2D eigenvalue weighted by atomic mass is 10.2. The van der Waals surface area contributed by atoms with E-state index in [4.69, 9.17) is 5.14 Å². The number of primary sulfonamides is 1. The van der Waals surface area contributed by atoms with Gasteiger partial charge in [-0.1, -0.05) is 0 Å². The van der Waals surface area contributed by atoms with Gasteiger partial charge in [0, 0.05) is 19.5 Å². The highest BCUT2D eigenvalue weighted by atomic mass is 32.2. The Morgan fingerprint density at radius 3 is 2.61 bits per heavy atom. The smallest absolute Gasteiger partial charge is 0.275 e. The highest BCUT2D eigenvalue weighted by Gasteiger charge is 2.36. The van der Waals surface area contributed by atoms with E-state index < -0.39 is 15.9 Å². The molecule has 18 heavy (non-hydrogen) atoms. The minimum Gasteiger partial charge on any atom is -0.341 e. The van der Waals surface area contributed by atoms with Crippen molar-refractivity contribution in [3.8, 4) is 0 Å². The summed E-state index contributed by atoms with van der Waals surface area (Å²) in [5, 5.41) is 11.7. The molecule has 1 aromatic heterocycles. The number of sulfonamides is 1. The van der Waals surface area contributed by atoms with Crippen molar-refractivity contribution in [1.29, 1.82) is 0 Å². The average molecular weight is 272 g/mol. The lowest BCUT2D eigenvalue weighted by Crippen LogP contribution is -2.29. The van der Waals surface area contributed by atoms with Crippen molar-refractivity contribution in [1.82, 2.24) is 15.1 Å². The van der Waals surface area contributed by atoms with E-state index in [1.54, 1.807) is 14.0 Å². The third-order valence-corrected chi connectivity index (χ3v) is 4.02. The molecule has 1 aliphatic rings. The minimum absolute atomic E-state index is 0.108. The minimum atomic E-state index is -3.95. The zero-order valence-corrected chi connectivity index (χ0v) is 11.1. The summed E-state index contributed by atoms with van der Waals surface area (Å²) in [6.45, 7) is 2.26. The quantitative estimate of drug-likeness (QED) is 0.805. The summed E-state index contributed by atoms with van der Waals surface area (Å²) >= 11 is 0. The Labute approximate surface area is 105 Å². The molecule has 8 heteroatoms. The van der Waals surface area contributed by atoms with Crippen LogP contribution < -0.4 is 5.14 Å².